The third kappa shape index (κ3) is 4.08. The molecule has 37 heavy (non-hydrogen) atoms. The first-order valence-electron chi connectivity index (χ1n) is 13.0. The summed E-state index contributed by atoms with van der Waals surface area (Å²) in [5.41, 5.74) is 2.57. The number of imide groups is 1. The smallest absolute Gasteiger partial charge is 0.328 e. The Morgan fingerprint density at radius 2 is 1.59 bits per heavy atom. The minimum atomic E-state index is -0.809. The molecule has 4 aromatic rings. The standard InChI is InChI=1S/C30H32N4O3/c1-37-18-17-34-29(36)33(21-23-9-6-8-22-7-2-3-10-25(22)23)28(35)30(34)13-15-32(16-14-30)20-24-19-31-27-12-5-4-11-26(24)27/h2-12,19,31H,13-18,20-21H2,1H3. The predicted octanol–water partition coefficient (Wildman–Crippen LogP) is 4.77. The van der Waals surface area contributed by atoms with Crippen LogP contribution >= 0.6 is 0 Å². The average Bonchev–Trinajstić information content (AvgIpc) is 3.42. The molecule has 0 bridgehead atoms. The van der Waals surface area contributed by atoms with Gasteiger partial charge in [-0.2, -0.15) is 0 Å². The van der Waals surface area contributed by atoms with E-state index in [0.29, 0.717) is 26.0 Å². The Bertz CT molecular complexity index is 1450. The van der Waals surface area contributed by atoms with Gasteiger partial charge in [0.15, 0.2) is 0 Å². The van der Waals surface area contributed by atoms with Gasteiger partial charge in [-0.15, -0.1) is 0 Å². The van der Waals surface area contributed by atoms with Gasteiger partial charge in [-0.25, -0.2) is 4.79 Å². The molecule has 2 saturated heterocycles. The van der Waals surface area contributed by atoms with E-state index in [0.717, 1.165) is 41.5 Å². The number of rotatable bonds is 7. The molecule has 6 rings (SSSR count). The van der Waals surface area contributed by atoms with Gasteiger partial charge in [0.1, 0.15) is 5.54 Å². The van der Waals surface area contributed by atoms with Crippen molar-refractivity contribution in [3.63, 3.8) is 0 Å². The van der Waals surface area contributed by atoms with Gasteiger partial charge in [-0.3, -0.25) is 14.6 Å². The number of ether oxygens (including phenoxy) is 1. The Hall–Kier alpha value is -3.68. The number of hydrogen-bond donors (Lipinski definition) is 1. The van der Waals surface area contributed by atoms with Crippen LogP contribution in [0.25, 0.3) is 21.7 Å². The number of likely N-dealkylation sites (tertiary alicyclic amines) is 1. The van der Waals surface area contributed by atoms with Crippen molar-refractivity contribution in [2.45, 2.75) is 31.5 Å². The van der Waals surface area contributed by atoms with Crippen LogP contribution in [-0.4, -0.2) is 70.5 Å². The van der Waals surface area contributed by atoms with E-state index in [1.54, 1.807) is 12.0 Å². The van der Waals surface area contributed by atoms with E-state index < -0.39 is 5.54 Å². The van der Waals surface area contributed by atoms with Gasteiger partial charge < -0.3 is 14.6 Å². The molecule has 0 atom stereocenters. The second-order valence-corrected chi connectivity index (χ2v) is 10.1. The molecular weight excluding hydrogens is 464 g/mol. The molecule has 1 aromatic heterocycles. The van der Waals surface area contributed by atoms with Crippen LogP contribution in [0.4, 0.5) is 4.79 Å². The number of nitrogens with zero attached hydrogens (tertiary/aromatic N) is 3. The lowest BCUT2D eigenvalue weighted by molar-refractivity contribution is -0.136. The van der Waals surface area contributed by atoms with Crippen LogP contribution in [0.3, 0.4) is 0 Å². The Balaban J connectivity index is 1.23. The molecule has 0 aliphatic carbocycles. The average molecular weight is 497 g/mol. The number of fused-ring (bicyclic) bond motifs is 2. The molecular formula is C30H32N4O3. The van der Waals surface area contributed by atoms with Gasteiger partial charge in [0.2, 0.25) is 0 Å². The highest BCUT2D eigenvalue weighted by Gasteiger charge is 2.57. The molecule has 3 aromatic carbocycles. The Morgan fingerprint density at radius 3 is 2.41 bits per heavy atom. The third-order valence-corrected chi connectivity index (χ3v) is 8.10. The summed E-state index contributed by atoms with van der Waals surface area (Å²) in [5.74, 6) is -0.0757. The number of benzene rings is 3. The van der Waals surface area contributed by atoms with Crippen molar-refractivity contribution in [3.05, 3.63) is 84.1 Å². The van der Waals surface area contributed by atoms with Crippen molar-refractivity contribution in [1.29, 1.82) is 0 Å². The van der Waals surface area contributed by atoms with E-state index in [2.05, 4.69) is 52.5 Å². The summed E-state index contributed by atoms with van der Waals surface area (Å²) in [6.07, 6.45) is 3.32. The maximum Gasteiger partial charge on any atom is 0.328 e. The van der Waals surface area contributed by atoms with E-state index in [4.69, 9.17) is 4.74 Å². The number of carbonyl (C=O) groups is 2. The zero-order chi connectivity index (χ0) is 25.4. The molecule has 3 heterocycles. The van der Waals surface area contributed by atoms with E-state index in [1.807, 2.05) is 30.3 Å². The van der Waals surface area contributed by atoms with Crippen molar-refractivity contribution < 1.29 is 14.3 Å². The molecule has 0 radical (unpaired) electrons. The van der Waals surface area contributed by atoms with E-state index in [9.17, 15) is 9.59 Å². The molecule has 7 nitrogen and oxygen atoms in total. The molecule has 190 valence electrons. The lowest BCUT2D eigenvalue weighted by atomic mass is 9.85. The summed E-state index contributed by atoms with van der Waals surface area (Å²) in [6, 6.07) is 22.3. The number of para-hydroxylation sites is 1. The molecule has 0 saturated carbocycles. The fraction of sp³-hybridized carbons (Fsp3) is 0.333. The molecule has 1 N–H and O–H groups in total. The number of carbonyl (C=O) groups excluding carboxylic acids is 2. The number of H-pyrrole nitrogens is 1. The number of aromatic nitrogens is 1. The number of aromatic amines is 1. The van der Waals surface area contributed by atoms with Gasteiger partial charge >= 0.3 is 6.03 Å². The minimum absolute atomic E-state index is 0.0757. The lowest BCUT2D eigenvalue weighted by Gasteiger charge is -2.42. The van der Waals surface area contributed by atoms with Crippen LogP contribution in [0.1, 0.15) is 24.0 Å². The maximum absolute atomic E-state index is 14.0. The number of nitrogens with one attached hydrogen (secondary N) is 1. The largest absolute Gasteiger partial charge is 0.383 e. The first-order valence-corrected chi connectivity index (χ1v) is 13.0. The molecule has 3 amide bonds. The molecule has 1 spiro atoms. The SMILES string of the molecule is COCCN1C(=O)N(Cc2cccc3ccccc23)C(=O)C12CCN(Cc1c[nH]c3ccccc13)CC2. The van der Waals surface area contributed by atoms with Crippen molar-refractivity contribution in [1.82, 2.24) is 19.7 Å². The van der Waals surface area contributed by atoms with Crippen molar-refractivity contribution in [2.24, 2.45) is 0 Å². The summed E-state index contributed by atoms with van der Waals surface area (Å²) in [5, 5.41) is 3.41. The van der Waals surface area contributed by atoms with Crippen molar-refractivity contribution in [2.75, 3.05) is 33.4 Å². The third-order valence-electron chi connectivity index (χ3n) is 8.10. The summed E-state index contributed by atoms with van der Waals surface area (Å²) < 4.78 is 5.33. The predicted molar refractivity (Wildman–Crippen MR) is 144 cm³/mol. The first kappa shape index (κ1) is 23.7. The maximum atomic E-state index is 14.0. The van der Waals surface area contributed by atoms with Gasteiger partial charge in [-0.05, 0) is 40.8 Å². The zero-order valence-electron chi connectivity index (χ0n) is 21.2. The quantitative estimate of drug-likeness (QED) is 0.375. The summed E-state index contributed by atoms with van der Waals surface area (Å²) >= 11 is 0. The van der Waals surface area contributed by atoms with Gasteiger partial charge in [0, 0.05) is 50.4 Å². The molecule has 0 unspecified atom stereocenters. The number of hydrogen-bond acceptors (Lipinski definition) is 4. The number of urea groups is 1. The second-order valence-electron chi connectivity index (χ2n) is 10.1. The number of amides is 3. The molecule has 2 aliphatic rings. The minimum Gasteiger partial charge on any atom is -0.383 e. The van der Waals surface area contributed by atoms with Crippen molar-refractivity contribution >= 4 is 33.6 Å². The van der Waals surface area contributed by atoms with Gasteiger partial charge in [-0.1, -0.05) is 60.7 Å². The molecule has 7 heteroatoms. The number of methoxy groups -OCH3 is 1. The summed E-state index contributed by atoms with van der Waals surface area (Å²) in [4.78, 5) is 36.7. The van der Waals surface area contributed by atoms with E-state index in [-0.39, 0.29) is 18.5 Å². The first-order chi connectivity index (χ1) is 18.1. The van der Waals surface area contributed by atoms with Crippen LogP contribution in [0.5, 0.6) is 0 Å². The Kier molecular flexibility index (Phi) is 6.18. The topological polar surface area (TPSA) is 68.9 Å². The normalized spacial score (nSPS) is 18.1. The highest BCUT2D eigenvalue weighted by molar-refractivity contribution is 6.07. The Morgan fingerprint density at radius 1 is 0.865 bits per heavy atom. The van der Waals surface area contributed by atoms with Crippen LogP contribution in [0, 0.1) is 0 Å². The van der Waals surface area contributed by atoms with Crippen LogP contribution in [-0.2, 0) is 22.6 Å². The van der Waals surface area contributed by atoms with Crippen LogP contribution in [0.15, 0.2) is 72.9 Å². The fourth-order valence-electron chi connectivity index (χ4n) is 6.08. The van der Waals surface area contributed by atoms with Crippen molar-refractivity contribution in [3.8, 4) is 0 Å². The Labute approximate surface area is 216 Å². The fourth-order valence-corrected chi connectivity index (χ4v) is 6.08. The lowest BCUT2D eigenvalue weighted by Crippen LogP contribution is -2.57. The summed E-state index contributed by atoms with van der Waals surface area (Å²) in [6.45, 7) is 3.43. The van der Waals surface area contributed by atoms with Crippen LogP contribution < -0.4 is 0 Å². The highest BCUT2D eigenvalue weighted by Crippen LogP contribution is 2.39. The van der Waals surface area contributed by atoms with Crippen LogP contribution in [0.2, 0.25) is 0 Å². The van der Waals surface area contributed by atoms with E-state index in [1.165, 1.54) is 15.8 Å². The molecule has 2 fully saturated rings. The highest BCUT2D eigenvalue weighted by atomic mass is 16.5. The molecule has 2 aliphatic heterocycles. The number of piperidine rings is 1. The van der Waals surface area contributed by atoms with E-state index >= 15 is 0 Å². The monoisotopic (exact) mass is 496 g/mol. The van der Waals surface area contributed by atoms with Gasteiger partial charge in [0.25, 0.3) is 5.91 Å². The second kappa shape index (κ2) is 9.65. The zero-order valence-corrected chi connectivity index (χ0v) is 21.2. The summed E-state index contributed by atoms with van der Waals surface area (Å²) in [7, 11) is 1.63. The van der Waals surface area contributed by atoms with Gasteiger partial charge in [0.05, 0.1) is 13.2 Å².